The molecule has 0 fully saturated rings. The summed E-state index contributed by atoms with van der Waals surface area (Å²) in [6.45, 7) is 1.44. The number of anilines is 1. The van der Waals surface area contributed by atoms with Crippen molar-refractivity contribution in [2.45, 2.75) is 19.4 Å². The average Bonchev–Trinajstić information content (AvgIpc) is 2.69. The summed E-state index contributed by atoms with van der Waals surface area (Å²) in [5.74, 6) is 0.180. The molecule has 2 N–H and O–H groups in total. The molecule has 0 aliphatic carbocycles. The zero-order valence-corrected chi connectivity index (χ0v) is 14.7. The first kappa shape index (κ1) is 16.4. The van der Waals surface area contributed by atoms with Crippen molar-refractivity contribution in [3.05, 3.63) is 89.5 Å². The summed E-state index contributed by atoms with van der Waals surface area (Å²) in [4.78, 5) is 14.6. The first-order valence-electron chi connectivity index (χ1n) is 8.98. The maximum Gasteiger partial charge on any atom is 0.227 e. The van der Waals surface area contributed by atoms with Crippen molar-refractivity contribution < 1.29 is 4.79 Å². The van der Waals surface area contributed by atoms with Crippen LogP contribution >= 0.6 is 0 Å². The average molecular weight is 342 g/mol. The van der Waals surface area contributed by atoms with E-state index in [1.165, 1.54) is 22.3 Å². The summed E-state index contributed by atoms with van der Waals surface area (Å²) in [5.41, 5.74) is 12.5. The topological polar surface area (TPSA) is 46.3 Å². The number of hydrogen-bond donors (Lipinski definition) is 1. The van der Waals surface area contributed by atoms with Crippen LogP contribution in [0.4, 0.5) is 5.69 Å². The van der Waals surface area contributed by atoms with Crippen LogP contribution in [0.1, 0.15) is 16.7 Å². The summed E-state index contributed by atoms with van der Waals surface area (Å²) >= 11 is 0. The lowest BCUT2D eigenvalue weighted by atomic mass is 9.98. The summed E-state index contributed by atoms with van der Waals surface area (Å²) < 4.78 is 0. The normalized spacial score (nSPS) is 13.3. The third kappa shape index (κ3) is 3.47. The molecule has 1 amide bonds. The lowest BCUT2D eigenvalue weighted by molar-refractivity contribution is -0.131. The van der Waals surface area contributed by atoms with Gasteiger partial charge in [0, 0.05) is 18.8 Å². The quantitative estimate of drug-likeness (QED) is 0.730. The molecule has 26 heavy (non-hydrogen) atoms. The van der Waals surface area contributed by atoms with Crippen molar-refractivity contribution in [2.24, 2.45) is 0 Å². The molecule has 1 aliphatic heterocycles. The number of amides is 1. The number of carbonyl (C=O) groups excluding carboxylic acids is 1. The predicted molar refractivity (Wildman–Crippen MR) is 106 cm³/mol. The second-order valence-electron chi connectivity index (χ2n) is 6.83. The van der Waals surface area contributed by atoms with Crippen LogP contribution in [0.25, 0.3) is 11.1 Å². The Morgan fingerprint density at radius 3 is 2.38 bits per heavy atom. The van der Waals surface area contributed by atoms with Gasteiger partial charge in [0.2, 0.25) is 5.91 Å². The first-order chi connectivity index (χ1) is 12.7. The predicted octanol–water partition coefficient (Wildman–Crippen LogP) is 4.06. The van der Waals surface area contributed by atoms with Crippen LogP contribution in [-0.2, 0) is 24.2 Å². The Morgan fingerprint density at radius 2 is 1.62 bits per heavy atom. The number of benzene rings is 3. The summed E-state index contributed by atoms with van der Waals surface area (Å²) in [5, 5.41) is 0. The van der Waals surface area contributed by atoms with Gasteiger partial charge in [-0.15, -0.1) is 0 Å². The minimum atomic E-state index is 0.180. The van der Waals surface area contributed by atoms with Crippen molar-refractivity contribution >= 4 is 11.6 Å². The molecule has 4 rings (SSSR count). The number of hydrogen-bond acceptors (Lipinski definition) is 2. The molecule has 0 atom stereocenters. The van der Waals surface area contributed by atoms with Crippen molar-refractivity contribution in [3.63, 3.8) is 0 Å². The largest absolute Gasteiger partial charge is 0.399 e. The minimum Gasteiger partial charge on any atom is -0.399 e. The highest BCUT2D eigenvalue weighted by molar-refractivity contribution is 5.79. The molecule has 1 aliphatic rings. The van der Waals surface area contributed by atoms with Gasteiger partial charge in [0.25, 0.3) is 0 Å². The molecule has 0 radical (unpaired) electrons. The van der Waals surface area contributed by atoms with Crippen molar-refractivity contribution in [3.8, 4) is 11.1 Å². The minimum absolute atomic E-state index is 0.180. The molecule has 0 spiro atoms. The number of carbonyl (C=O) groups is 1. The third-order valence-electron chi connectivity index (χ3n) is 5.01. The zero-order valence-electron chi connectivity index (χ0n) is 14.7. The Hall–Kier alpha value is -3.07. The van der Waals surface area contributed by atoms with Gasteiger partial charge in [0.15, 0.2) is 0 Å². The molecule has 0 unspecified atom stereocenters. The van der Waals surface area contributed by atoms with Crippen LogP contribution in [0.3, 0.4) is 0 Å². The number of rotatable bonds is 3. The smallest absolute Gasteiger partial charge is 0.227 e. The molecule has 3 nitrogen and oxygen atoms in total. The highest BCUT2D eigenvalue weighted by atomic mass is 16.2. The molecule has 3 heteroatoms. The highest BCUT2D eigenvalue weighted by Crippen LogP contribution is 2.23. The number of nitrogens with two attached hydrogens (primary N) is 1. The molecule has 3 aromatic carbocycles. The molecular weight excluding hydrogens is 320 g/mol. The van der Waals surface area contributed by atoms with Gasteiger partial charge in [-0.3, -0.25) is 4.79 Å². The van der Waals surface area contributed by atoms with Gasteiger partial charge in [0.05, 0.1) is 6.42 Å². The van der Waals surface area contributed by atoms with Crippen LogP contribution < -0.4 is 5.73 Å². The molecule has 0 bridgehead atoms. The van der Waals surface area contributed by atoms with Crippen LogP contribution in [0.5, 0.6) is 0 Å². The Kier molecular flexibility index (Phi) is 4.44. The second kappa shape index (κ2) is 7.04. The van der Waals surface area contributed by atoms with Crippen molar-refractivity contribution in [2.75, 3.05) is 12.3 Å². The number of fused-ring (bicyclic) bond motifs is 1. The van der Waals surface area contributed by atoms with Crippen LogP contribution in [-0.4, -0.2) is 17.4 Å². The SMILES string of the molecule is Nc1ccc2c(c1)CCN(C(=O)Cc1ccc(-c3ccccc3)cc1)C2. The van der Waals surface area contributed by atoms with E-state index in [1.54, 1.807) is 0 Å². The van der Waals surface area contributed by atoms with E-state index in [9.17, 15) is 4.79 Å². The van der Waals surface area contributed by atoms with Crippen molar-refractivity contribution in [1.29, 1.82) is 0 Å². The van der Waals surface area contributed by atoms with E-state index in [4.69, 9.17) is 5.73 Å². The lowest BCUT2D eigenvalue weighted by Crippen LogP contribution is -2.36. The van der Waals surface area contributed by atoms with E-state index >= 15 is 0 Å². The summed E-state index contributed by atoms with van der Waals surface area (Å²) in [6, 6.07) is 24.5. The number of nitrogens with zero attached hydrogens (tertiary/aromatic N) is 1. The van der Waals surface area contributed by atoms with Crippen LogP contribution in [0.15, 0.2) is 72.8 Å². The first-order valence-corrected chi connectivity index (χ1v) is 8.98. The molecule has 1 heterocycles. The van der Waals surface area contributed by atoms with Gasteiger partial charge < -0.3 is 10.6 Å². The molecule has 0 aromatic heterocycles. The lowest BCUT2D eigenvalue weighted by Gasteiger charge is -2.29. The Morgan fingerprint density at radius 1 is 0.885 bits per heavy atom. The van der Waals surface area contributed by atoms with Gasteiger partial charge in [-0.05, 0) is 46.4 Å². The Bertz CT molecular complexity index is 917. The fourth-order valence-corrected chi connectivity index (χ4v) is 3.52. The number of nitrogen functional groups attached to an aromatic ring is 1. The van der Waals surface area contributed by atoms with Gasteiger partial charge in [-0.1, -0.05) is 60.7 Å². The fraction of sp³-hybridized carbons (Fsp3) is 0.174. The second-order valence-corrected chi connectivity index (χ2v) is 6.83. The Balaban J connectivity index is 1.43. The van der Waals surface area contributed by atoms with E-state index in [-0.39, 0.29) is 5.91 Å². The van der Waals surface area contributed by atoms with E-state index in [2.05, 4.69) is 36.4 Å². The van der Waals surface area contributed by atoms with E-state index in [0.717, 1.165) is 24.2 Å². The van der Waals surface area contributed by atoms with E-state index in [1.807, 2.05) is 41.3 Å². The standard InChI is InChI=1S/C23H22N2O/c24-22-11-10-21-16-25(13-12-20(21)15-22)23(26)14-17-6-8-19(9-7-17)18-4-2-1-3-5-18/h1-11,15H,12-14,16,24H2. The highest BCUT2D eigenvalue weighted by Gasteiger charge is 2.20. The maximum atomic E-state index is 12.7. The molecule has 0 saturated heterocycles. The summed E-state index contributed by atoms with van der Waals surface area (Å²) in [6.07, 6.45) is 1.32. The summed E-state index contributed by atoms with van der Waals surface area (Å²) in [7, 11) is 0. The molecule has 0 saturated carbocycles. The van der Waals surface area contributed by atoms with Gasteiger partial charge in [-0.25, -0.2) is 0 Å². The maximum absolute atomic E-state index is 12.7. The Labute approximate surface area is 154 Å². The molecular formula is C23H22N2O. The van der Waals surface area contributed by atoms with Crippen molar-refractivity contribution in [1.82, 2.24) is 4.90 Å². The van der Waals surface area contributed by atoms with Gasteiger partial charge in [-0.2, -0.15) is 0 Å². The third-order valence-corrected chi connectivity index (χ3v) is 5.01. The fourth-order valence-electron chi connectivity index (χ4n) is 3.52. The van der Waals surface area contributed by atoms with Gasteiger partial charge >= 0.3 is 0 Å². The monoisotopic (exact) mass is 342 g/mol. The molecule has 130 valence electrons. The van der Waals surface area contributed by atoms with Crippen LogP contribution in [0.2, 0.25) is 0 Å². The molecule has 3 aromatic rings. The zero-order chi connectivity index (χ0) is 17.9. The van der Waals surface area contributed by atoms with E-state index in [0.29, 0.717) is 13.0 Å². The van der Waals surface area contributed by atoms with E-state index < -0.39 is 0 Å². The van der Waals surface area contributed by atoms with Crippen LogP contribution in [0, 0.1) is 0 Å². The van der Waals surface area contributed by atoms with Gasteiger partial charge in [0.1, 0.15) is 0 Å².